The molecule has 0 saturated carbocycles. The molecule has 1 saturated heterocycles. The van der Waals surface area contributed by atoms with Crippen LogP contribution in [0.3, 0.4) is 0 Å². The summed E-state index contributed by atoms with van der Waals surface area (Å²) in [5, 5.41) is 4.63. The summed E-state index contributed by atoms with van der Waals surface area (Å²) in [7, 11) is 2.17. The Kier molecular flexibility index (Phi) is 5.67. The highest BCUT2D eigenvalue weighted by atomic mass is 32.1. The van der Waals surface area contributed by atoms with Gasteiger partial charge in [-0.05, 0) is 56.7 Å². The summed E-state index contributed by atoms with van der Waals surface area (Å²) in [5.41, 5.74) is 6.17. The molecular formula is C25H28N4S. The van der Waals surface area contributed by atoms with Gasteiger partial charge < -0.3 is 4.98 Å². The van der Waals surface area contributed by atoms with E-state index in [4.69, 9.17) is 4.98 Å². The van der Waals surface area contributed by atoms with E-state index in [1.54, 1.807) is 11.3 Å². The molecule has 0 unspecified atom stereocenters. The van der Waals surface area contributed by atoms with E-state index in [0.717, 1.165) is 30.3 Å². The molecule has 0 spiro atoms. The van der Waals surface area contributed by atoms with Crippen LogP contribution in [-0.2, 0) is 19.6 Å². The van der Waals surface area contributed by atoms with Gasteiger partial charge in [-0.15, -0.1) is 11.3 Å². The van der Waals surface area contributed by atoms with Crippen molar-refractivity contribution in [2.45, 2.75) is 32.5 Å². The fourth-order valence-electron chi connectivity index (χ4n) is 4.33. The van der Waals surface area contributed by atoms with Crippen LogP contribution in [0.1, 0.15) is 29.1 Å². The van der Waals surface area contributed by atoms with Gasteiger partial charge in [0, 0.05) is 40.6 Å². The maximum Gasteiger partial charge on any atom is 0.107 e. The minimum Gasteiger partial charge on any atom is -0.357 e. The van der Waals surface area contributed by atoms with Crippen LogP contribution in [0.2, 0.25) is 0 Å². The molecular weight excluding hydrogens is 388 g/mol. The van der Waals surface area contributed by atoms with Gasteiger partial charge in [0.1, 0.15) is 5.01 Å². The summed E-state index contributed by atoms with van der Waals surface area (Å²) in [5.74, 6) is 0. The molecule has 1 aliphatic heterocycles. The number of rotatable bonds is 7. The van der Waals surface area contributed by atoms with Crippen molar-refractivity contribution in [3.63, 3.8) is 0 Å². The molecule has 4 aromatic rings. The number of aromatic nitrogens is 2. The molecule has 2 aromatic heterocycles. The quantitative estimate of drug-likeness (QED) is 0.431. The standard InChI is InChI=1S/C25H28N4S/c1-28(17-25-27-24(18-30-25)20-7-3-2-4-8-20)15-19-9-10-23-21(13-19)14-22(26-23)16-29-11-5-6-12-29/h2-4,7-10,13-14,18,26H,5-6,11-12,15-17H2,1H3. The van der Waals surface area contributed by atoms with E-state index in [2.05, 4.69) is 75.7 Å². The van der Waals surface area contributed by atoms with Crippen LogP contribution < -0.4 is 0 Å². The third kappa shape index (κ3) is 4.48. The number of thiazole rings is 1. The highest BCUT2D eigenvalue weighted by Crippen LogP contribution is 2.24. The predicted molar refractivity (Wildman–Crippen MR) is 126 cm³/mol. The normalized spacial score (nSPS) is 14.9. The first kappa shape index (κ1) is 19.5. The van der Waals surface area contributed by atoms with Gasteiger partial charge in [0.15, 0.2) is 0 Å². The second-order valence-electron chi connectivity index (χ2n) is 8.36. The Bertz CT molecular complexity index is 1110. The fraction of sp³-hybridized carbons (Fsp3) is 0.320. The van der Waals surface area contributed by atoms with Gasteiger partial charge in [0.25, 0.3) is 0 Å². The maximum atomic E-state index is 4.83. The Hall–Kier alpha value is -2.47. The smallest absolute Gasteiger partial charge is 0.107 e. The highest BCUT2D eigenvalue weighted by Gasteiger charge is 2.13. The molecule has 0 radical (unpaired) electrons. The highest BCUT2D eigenvalue weighted by molar-refractivity contribution is 7.09. The summed E-state index contributed by atoms with van der Waals surface area (Å²) >= 11 is 1.74. The molecule has 5 heteroatoms. The summed E-state index contributed by atoms with van der Waals surface area (Å²) in [4.78, 5) is 13.3. The zero-order chi connectivity index (χ0) is 20.3. The van der Waals surface area contributed by atoms with Crippen molar-refractivity contribution in [2.75, 3.05) is 20.1 Å². The molecule has 154 valence electrons. The molecule has 2 aromatic carbocycles. The first-order valence-corrected chi connectivity index (χ1v) is 11.6. The monoisotopic (exact) mass is 416 g/mol. The lowest BCUT2D eigenvalue weighted by atomic mass is 10.1. The number of H-pyrrole nitrogens is 1. The number of nitrogens with one attached hydrogen (secondary N) is 1. The van der Waals surface area contributed by atoms with E-state index in [1.807, 2.05) is 6.07 Å². The lowest BCUT2D eigenvalue weighted by molar-refractivity contribution is 0.319. The van der Waals surface area contributed by atoms with E-state index >= 15 is 0 Å². The van der Waals surface area contributed by atoms with Crippen LogP contribution in [0.25, 0.3) is 22.2 Å². The molecule has 0 amide bonds. The largest absolute Gasteiger partial charge is 0.357 e. The topological polar surface area (TPSA) is 35.2 Å². The number of nitrogens with zero attached hydrogens (tertiary/aromatic N) is 3. The average Bonchev–Trinajstić information content (AvgIpc) is 3.49. The van der Waals surface area contributed by atoms with Gasteiger partial charge in [0.2, 0.25) is 0 Å². The molecule has 3 heterocycles. The first-order valence-electron chi connectivity index (χ1n) is 10.7. The Morgan fingerprint density at radius 3 is 2.70 bits per heavy atom. The summed E-state index contributed by atoms with van der Waals surface area (Å²) < 4.78 is 0. The number of fused-ring (bicyclic) bond motifs is 1. The summed E-state index contributed by atoms with van der Waals surface area (Å²) in [6.07, 6.45) is 2.67. The van der Waals surface area contributed by atoms with E-state index in [1.165, 1.54) is 53.7 Å². The van der Waals surface area contributed by atoms with Crippen molar-refractivity contribution in [2.24, 2.45) is 0 Å². The number of hydrogen-bond acceptors (Lipinski definition) is 4. The minimum absolute atomic E-state index is 0.864. The molecule has 0 bridgehead atoms. The summed E-state index contributed by atoms with van der Waals surface area (Å²) in [6.45, 7) is 5.28. The number of likely N-dealkylation sites (tertiary alicyclic amines) is 1. The summed E-state index contributed by atoms with van der Waals surface area (Å²) in [6, 6.07) is 19.5. The van der Waals surface area contributed by atoms with Crippen molar-refractivity contribution < 1.29 is 0 Å². The van der Waals surface area contributed by atoms with Gasteiger partial charge in [-0.2, -0.15) is 0 Å². The molecule has 1 fully saturated rings. The molecule has 0 atom stereocenters. The van der Waals surface area contributed by atoms with Gasteiger partial charge >= 0.3 is 0 Å². The molecule has 5 rings (SSSR count). The van der Waals surface area contributed by atoms with E-state index in [-0.39, 0.29) is 0 Å². The Labute approximate surface area is 182 Å². The third-order valence-corrected chi connectivity index (χ3v) is 6.65. The van der Waals surface area contributed by atoms with Crippen molar-refractivity contribution in [1.29, 1.82) is 0 Å². The maximum absolute atomic E-state index is 4.83. The van der Waals surface area contributed by atoms with Crippen LogP contribution in [0.5, 0.6) is 0 Å². The van der Waals surface area contributed by atoms with Crippen molar-refractivity contribution in [3.05, 3.63) is 76.2 Å². The molecule has 1 aliphatic rings. The Balaban J connectivity index is 1.23. The lowest BCUT2D eigenvalue weighted by Crippen LogP contribution is -2.18. The van der Waals surface area contributed by atoms with Crippen molar-refractivity contribution in [1.82, 2.24) is 19.8 Å². The van der Waals surface area contributed by atoms with Crippen LogP contribution in [0, 0.1) is 0 Å². The average molecular weight is 417 g/mol. The zero-order valence-electron chi connectivity index (χ0n) is 17.5. The fourth-order valence-corrected chi connectivity index (χ4v) is 5.21. The van der Waals surface area contributed by atoms with Crippen LogP contribution in [0.4, 0.5) is 0 Å². The van der Waals surface area contributed by atoms with E-state index in [9.17, 15) is 0 Å². The van der Waals surface area contributed by atoms with E-state index in [0.29, 0.717) is 0 Å². The second-order valence-corrected chi connectivity index (χ2v) is 9.31. The van der Waals surface area contributed by atoms with Gasteiger partial charge in [-0.3, -0.25) is 9.80 Å². The van der Waals surface area contributed by atoms with Crippen LogP contribution in [-0.4, -0.2) is 39.9 Å². The van der Waals surface area contributed by atoms with Crippen LogP contribution >= 0.6 is 11.3 Å². The Morgan fingerprint density at radius 1 is 1.03 bits per heavy atom. The van der Waals surface area contributed by atoms with Gasteiger partial charge in [-0.1, -0.05) is 36.4 Å². The Morgan fingerprint density at radius 2 is 1.87 bits per heavy atom. The first-order chi connectivity index (χ1) is 14.7. The van der Waals surface area contributed by atoms with E-state index < -0.39 is 0 Å². The molecule has 0 aliphatic carbocycles. The van der Waals surface area contributed by atoms with Gasteiger partial charge in [0.05, 0.1) is 12.2 Å². The lowest BCUT2D eigenvalue weighted by Gasteiger charge is -2.15. The third-order valence-electron chi connectivity index (χ3n) is 5.81. The van der Waals surface area contributed by atoms with Crippen LogP contribution in [0.15, 0.2) is 60.0 Å². The number of hydrogen-bond donors (Lipinski definition) is 1. The number of benzene rings is 2. The molecule has 30 heavy (non-hydrogen) atoms. The van der Waals surface area contributed by atoms with Crippen molar-refractivity contribution in [3.8, 4) is 11.3 Å². The predicted octanol–water partition coefficient (Wildman–Crippen LogP) is 5.52. The molecule has 4 nitrogen and oxygen atoms in total. The minimum atomic E-state index is 0.864. The second kappa shape index (κ2) is 8.72. The zero-order valence-corrected chi connectivity index (χ0v) is 18.3. The SMILES string of the molecule is CN(Cc1ccc2[nH]c(CN3CCCC3)cc2c1)Cc1nc(-c2ccccc2)cs1. The molecule has 1 N–H and O–H groups in total. The number of aromatic amines is 1. The van der Waals surface area contributed by atoms with Crippen molar-refractivity contribution >= 4 is 22.2 Å². The van der Waals surface area contributed by atoms with Gasteiger partial charge in [-0.25, -0.2) is 4.98 Å².